The summed E-state index contributed by atoms with van der Waals surface area (Å²) in [6.45, 7) is 2.27. The third-order valence-corrected chi connectivity index (χ3v) is 5.52. The van der Waals surface area contributed by atoms with Crippen molar-refractivity contribution >= 4 is 44.8 Å². The highest BCUT2D eigenvalue weighted by atomic mass is 35.5. The quantitative estimate of drug-likeness (QED) is 0.702. The van der Waals surface area contributed by atoms with Gasteiger partial charge in [-0.15, -0.1) is 0 Å². The minimum Gasteiger partial charge on any atom is -0.336 e. The summed E-state index contributed by atoms with van der Waals surface area (Å²) in [6.07, 6.45) is 1.06. The maximum absolute atomic E-state index is 12.8. The first-order valence-corrected chi connectivity index (χ1v) is 11.6. The number of para-hydroxylation sites is 1. The molecule has 0 unspecified atom stereocenters. The van der Waals surface area contributed by atoms with Crippen LogP contribution >= 0.6 is 11.6 Å². The maximum Gasteiger partial charge on any atom is 0.254 e. The van der Waals surface area contributed by atoms with Gasteiger partial charge in [0, 0.05) is 37.4 Å². The Labute approximate surface area is 180 Å². The lowest BCUT2D eigenvalue weighted by Crippen LogP contribution is -2.50. The Morgan fingerprint density at radius 1 is 1.03 bits per heavy atom. The maximum atomic E-state index is 12.8. The Balaban J connectivity index is 1.53. The number of rotatable bonds is 6. The molecule has 0 aliphatic carbocycles. The number of halogens is 1. The van der Waals surface area contributed by atoms with Crippen molar-refractivity contribution in [1.82, 2.24) is 9.80 Å². The van der Waals surface area contributed by atoms with Crippen LogP contribution in [0.3, 0.4) is 0 Å². The van der Waals surface area contributed by atoms with Gasteiger partial charge in [0.1, 0.15) is 0 Å². The molecule has 0 saturated carbocycles. The molecule has 1 fully saturated rings. The van der Waals surface area contributed by atoms with Crippen molar-refractivity contribution in [3.8, 4) is 0 Å². The number of sulfonamides is 1. The highest BCUT2D eigenvalue weighted by Crippen LogP contribution is 2.20. The molecule has 0 radical (unpaired) electrons. The van der Waals surface area contributed by atoms with E-state index in [2.05, 4.69) is 10.0 Å². The first-order valence-electron chi connectivity index (χ1n) is 9.35. The van der Waals surface area contributed by atoms with Gasteiger partial charge in [0.25, 0.3) is 5.91 Å². The fourth-order valence-electron chi connectivity index (χ4n) is 3.18. The SMILES string of the molecule is CS(=O)(=O)Nc1cccc(C(=O)N2CCN(CC(=O)Nc3ccccc3Cl)CC2)c1. The van der Waals surface area contributed by atoms with Crippen molar-refractivity contribution in [1.29, 1.82) is 0 Å². The lowest BCUT2D eigenvalue weighted by atomic mass is 10.1. The van der Waals surface area contributed by atoms with E-state index in [1.54, 1.807) is 47.4 Å². The minimum absolute atomic E-state index is 0.164. The summed E-state index contributed by atoms with van der Waals surface area (Å²) in [5.74, 6) is -0.338. The molecule has 2 aromatic rings. The molecule has 1 aliphatic heterocycles. The van der Waals surface area contributed by atoms with Gasteiger partial charge in [-0.25, -0.2) is 8.42 Å². The number of nitrogens with one attached hydrogen (secondary N) is 2. The highest BCUT2D eigenvalue weighted by Gasteiger charge is 2.23. The first-order chi connectivity index (χ1) is 14.2. The van der Waals surface area contributed by atoms with Gasteiger partial charge >= 0.3 is 0 Å². The summed E-state index contributed by atoms with van der Waals surface area (Å²) in [5, 5.41) is 3.27. The number of hydrogen-bond donors (Lipinski definition) is 2. The molecule has 8 nitrogen and oxygen atoms in total. The Hall–Kier alpha value is -2.62. The molecule has 2 N–H and O–H groups in total. The fraction of sp³-hybridized carbons (Fsp3) is 0.300. The van der Waals surface area contributed by atoms with Crippen molar-refractivity contribution in [2.24, 2.45) is 0 Å². The van der Waals surface area contributed by atoms with Crippen LogP contribution in [0.15, 0.2) is 48.5 Å². The zero-order valence-corrected chi connectivity index (χ0v) is 18.0. The highest BCUT2D eigenvalue weighted by molar-refractivity contribution is 7.92. The van der Waals surface area contributed by atoms with E-state index in [9.17, 15) is 18.0 Å². The van der Waals surface area contributed by atoms with E-state index in [0.29, 0.717) is 48.1 Å². The van der Waals surface area contributed by atoms with Crippen molar-refractivity contribution in [2.45, 2.75) is 0 Å². The Kier molecular flexibility index (Phi) is 6.96. The number of carbonyl (C=O) groups excluding carboxylic acids is 2. The molecule has 1 saturated heterocycles. The van der Waals surface area contributed by atoms with Gasteiger partial charge in [-0.3, -0.25) is 19.2 Å². The number of amides is 2. The van der Waals surface area contributed by atoms with E-state index < -0.39 is 10.0 Å². The van der Waals surface area contributed by atoms with Crippen molar-refractivity contribution in [2.75, 3.05) is 49.0 Å². The molecule has 160 valence electrons. The van der Waals surface area contributed by atoms with Gasteiger partial charge in [-0.05, 0) is 30.3 Å². The standard InChI is InChI=1S/C20H23ClN4O4S/c1-30(28,29)23-16-6-4-5-15(13-16)20(27)25-11-9-24(10-12-25)14-19(26)22-18-8-3-2-7-17(18)21/h2-8,13,23H,9-12,14H2,1H3,(H,22,26). The molecular formula is C20H23ClN4O4S. The van der Waals surface area contributed by atoms with E-state index in [0.717, 1.165) is 6.26 Å². The topological polar surface area (TPSA) is 98.8 Å². The molecule has 3 rings (SSSR count). The molecule has 1 heterocycles. The van der Waals surface area contributed by atoms with Crippen LogP contribution in [0.25, 0.3) is 0 Å². The zero-order chi connectivity index (χ0) is 21.7. The van der Waals surface area contributed by atoms with Crippen molar-refractivity contribution in [3.63, 3.8) is 0 Å². The second-order valence-corrected chi connectivity index (χ2v) is 9.21. The second-order valence-electron chi connectivity index (χ2n) is 7.05. The summed E-state index contributed by atoms with van der Waals surface area (Å²) in [7, 11) is -3.42. The third-order valence-electron chi connectivity index (χ3n) is 4.59. The molecule has 0 atom stereocenters. The summed E-state index contributed by atoms with van der Waals surface area (Å²) >= 11 is 6.06. The van der Waals surface area contributed by atoms with Crippen LogP contribution in [0.4, 0.5) is 11.4 Å². The van der Waals surface area contributed by atoms with Crippen LogP contribution in [0.1, 0.15) is 10.4 Å². The molecular weight excluding hydrogens is 428 g/mol. The normalized spacial score (nSPS) is 14.9. The van der Waals surface area contributed by atoms with Crippen LogP contribution in [0, 0.1) is 0 Å². The number of nitrogens with zero attached hydrogens (tertiary/aromatic N) is 2. The Morgan fingerprint density at radius 3 is 2.40 bits per heavy atom. The minimum atomic E-state index is -3.42. The Morgan fingerprint density at radius 2 is 1.73 bits per heavy atom. The molecule has 10 heteroatoms. The molecule has 1 aliphatic rings. The van der Waals surface area contributed by atoms with E-state index in [-0.39, 0.29) is 18.4 Å². The number of anilines is 2. The zero-order valence-electron chi connectivity index (χ0n) is 16.5. The van der Waals surface area contributed by atoms with Gasteiger partial charge in [0.2, 0.25) is 15.9 Å². The number of hydrogen-bond acceptors (Lipinski definition) is 5. The molecule has 2 aromatic carbocycles. The molecule has 30 heavy (non-hydrogen) atoms. The number of piperazine rings is 1. The van der Waals surface area contributed by atoms with Crippen molar-refractivity contribution < 1.29 is 18.0 Å². The van der Waals surface area contributed by atoms with Crippen LogP contribution in [0.2, 0.25) is 5.02 Å². The van der Waals surface area contributed by atoms with E-state index in [1.165, 1.54) is 6.07 Å². The molecule has 0 bridgehead atoms. The Bertz CT molecular complexity index is 1040. The number of benzene rings is 2. The van der Waals surface area contributed by atoms with Crippen LogP contribution in [-0.4, -0.2) is 69.0 Å². The van der Waals surface area contributed by atoms with Crippen LogP contribution in [0.5, 0.6) is 0 Å². The van der Waals surface area contributed by atoms with Crippen LogP contribution in [-0.2, 0) is 14.8 Å². The third kappa shape index (κ3) is 6.19. The van der Waals surface area contributed by atoms with Crippen molar-refractivity contribution in [3.05, 3.63) is 59.1 Å². The average Bonchev–Trinajstić information content (AvgIpc) is 2.69. The van der Waals surface area contributed by atoms with Gasteiger partial charge < -0.3 is 10.2 Å². The van der Waals surface area contributed by atoms with E-state index >= 15 is 0 Å². The summed E-state index contributed by atoms with van der Waals surface area (Å²) in [4.78, 5) is 28.7. The summed E-state index contributed by atoms with van der Waals surface area (Å²) < 4.78 is 25.2. The van der Waals surface area contributed by atoms with E-state index in [1.807, 2.05) is 4.90 Å². The monoisotopic (exact) mass is 450 g/mol. The predicted molar refractivity (Wildman–Crippen MR) is 117 cm³/mol. The molecule has 0 spiro atoms. The summed E-state index contributed by atoms with van der Waals surface area (Å²) in [5.41, 5.74) is 1.33. The number of carbonyl (C=O) groups is 2. The molecule has 2 amide bonds. The lowest BCUT2D eigenvalue weighted by molar-refractivity contribution is -0.117. The summed E-state index contributed by atoms with van der Waals surface area (Å²) in [6, 6.07) is 13.4. The van der Waals surface area contributed by atoms with Gasteiger partial charge in [0.05, 0.1) is 23.5 Å². The van der Waals surface area contributed by atoms with Gasteiger partial charge in [-0.2, -0.15) is 0 Å². The average molecular weight is 451 g/mol. The molecule has 0 aromatic heterocycles. The second kappa shape index (κ2) is 9.46. The smallest absolute Gasteiger partial charge is 0.254 e. The van der Waals surface area contributed by atoms with E-state index in [4.69, 9.17) is 11.6 Å². The van der Waals surface area contributed by atoms with Gasteiger partial charge in [-0.1, -0.05) is 29.8 Å². The van der Waals surface area contributed by atoms with Crippen LogP contribution < -0.4 is 10.0 Å². The predicted octanol–water partition coefficient (Wildman–Crippen LogP) is 2.11. The first kappa shape index (κ1) is 22.1. The fourth-order valence-corrected chi connectivity index (χ4v) is 3.91. The lowest BCUT2D eigenvalue weighted by Gasteiger charge is -2.34. The largest absolute Gasteiger partial charge is 0.336 e. The van der Waals surface area contributed by atoms with Gasteiger partial charge in [0.15, 0.2) is 0 Å².